The van der Waals surface area contributed by atoms with Crippen molar-refractivity contribution in [2.45, 2.75) is 40.3 Å². The Morgan fingerprint density at radius 1 is 1.39 bits per heavy atom. The van der Waals surface area contributed by atoms with Gasteiger partial charge in [0.25, 0.3) is 0 Å². The minimum Gasteiger partial charge on any atom is -0.356 e. The topological polar surface area (TPSA) is 67.1 Å². The van der Waals surface area contributed by atoms with Gasteiger partial charge in [0.2, 0.25) is 0 Å². The van der Waals surface area contributed by atoms with Crippen LogP contribution in [-0.4, -0.2) is 34.1 Å². The molecular formula is C16H26N6S. The maximum Gasteiger partial charge on any atom is 0.191 e. The van der Waals surface area contributed by atoms with Gasteiger partial charge < -0.3 is 15.2 Å². The number of guanidine groups is 1. The Labute approximate surface area is 142 Å². The molecule has 6 nitrogen and oxygen atoms in total. The van der Waals surface area contributed by atoms with Crippen molar-refractivity contribution in [2.24, 2.45) is 10.9 Å². The van der Waals surface area contributed by atoms with E-state index in [1.54, 1.807) is 18.4 Å². The summed E-state index contributed by atoms with van der Waals surface area (Å²) in [6, 6.07) is 0. The van der Waals surface area contributed by atoms with E-state index in [1.165, 1.54) is 0 Å². The zero-order chi connectivity index (χ0) is 16.7. The molecule has 0 fully saturated rings. The molecule has 0 aliphatic rings. The predicted octanol–water partition coefficient (Wildman–Crippen LogP) is 2.21. The van der Waals surface area contributed by atoms with Crippen molar-refractivity contribution in [3.8, 4) is 0 Å². The SMILES string of the molecule is CN=C(NCCc1csc(C)n1)NCc1nccn1CC(C)C. The summed E-state index contributed by atoms with van der Waals surface area (Å²) in [6.45, 7) is 8.89. The molecule has 126 valence electrons. The van der Waals surface area contributed by atoms with Crippen LogP contribution in [0.2, 0.25) is 0 Å². The zero-order valence-electron chi connectivity index (χ0n) is 14.3. The smallest absolute Gasteiger partial charge is 0.191 e. The van der Waals surface area contributed by atoms with Gasteiger partial charge in [0.1, 0.15) is 5.82 Å². The maximum absolute atomic E-state index is 4.46. The van der Waals surface area contributed by atoms with Crippen LogP contribution in [0.1, 0.15) is 30.4 Å². The van der Waals surface area contributed by atoms with Crippen LogP contribution >= 0.6 is 11.3 Å². The highest BCUT2D eigenvalue weighted by Crippen LogP contribution is 2.07. The van der Waals surface area contributed by atoms with Gasteiger partial charge in [0, 0.05) is 44.3 Å². The number of hydrogen-bond donors (Lipinski definition) is 2. The van der Waals surface area contributed by atoms with Crippen LogP contribution in [0.3, 0.4) is 0 Å². The molecule has 2 aromatic heterocycles. The molecular weight excluding hydrogens is 308 g/mol. The first kappa shape index (κ1) is 17.5. The average Bonchev–Trinajstić information content (AvgIpc) is 3.11. The molecule has 0 radical (unpaired) electrons. The number of aryl methyl sites for hydroxylation is 1. The summed E-state index contributed by atoms with van der Waals surface area (Å²) in [4.78, 5) is 13.1. The molecule has 23 heavy (non-hydrogen) atoms. The second-order valence-corrected chi connectivity index (χ2v) is 6.91. The molecule has 0 aliphatic heterocycles. The third-order valence-corrected chi connectivity index (χ3v) is 4.16. The Morgan fingerprint density at radius 2 is 2.22 bits per heavy atom. The molecule has 2 N–H and O–H groups in total. The van der Waals surface area contributed by atoms with Crippen LogP contribution in [0.5, 0.6) is 0 Å². The first-order valence-electron chi connectivity index (χ1n) is 7.94. The van der Waals surface area contributed by atoms with Crippen LogP contribution < -0.4 is 10.6 Å². The Morgan fingerprint density at radius 3 is 2.87 bits per heavy atom. The van der Waals surface area contributed by atoms with Gasteiger partial charge in [-0.1, -0.05) is 13.8 Å². The van der Waals surface area contributed by atoms with Crippen molar-refractivity contribution in [2.75, 3.05) is 13.6 Å². The average molecular weight is 334 g/mol. The van der Waals surface area contributed by atoms with Crippen LogP contribution in [0.15, 0.2) is 22.8 Å². The lowest BCUT2D eigenvalue weighted by Gasteiger charge is -2.13. The summed E-state index contributed by atoms with van der Waals surface area (Å²) < 4.78 is 2.18. The van der Waals surface area contributed by atoms with Gasteiger partial charge in [0.15, 0.2) is 5.96 Å². The number of hydrogen-bond acceptors (Lipinski definition) is 4. The van der Waals surface area contributed by atoms with E-state index in [2.05, 4.69) is 49.4 Å². The van der Waals surface area contributed by atoms with E-state index >= 15 is 0 Å². The molecule has 0 saturated heterocycles. The van der Waals surface area contributed by atoms with Crippen molar-refractivity contribution >= 4 is 17.3 Å². The molecule has 0 bridgehead atoms. The van der Waals surface area contributed by atoms with Crippen molar-refractivity contribution in [3.05, 3.63) is 34.3 Å². The Bertz CT molecular complexity index is 628. The highest BCUT2D eigenvalue weighted by atomic mass is 32.1. The molecule has 0 atom stereocenters. The fourth-order valence-electron chi connectivity index (χ4n) is 2.28. The molecule has 0 saturated carbocycles. The summed E-state index contributed by atoms with van der Waals surface area (Å²) in [5.41, 5.74) is 1.13. The number of nitrogens with one attached hydrogen (secondary N) is 2. The number of aromatic nitrogens is 3. The Balaban J connectivity index is 1.78. The Kier molecular flexibility index (Phi) is 6.58. The molecule has 0 unspecified atom stereocenters. The van der Waals surface area contributed by atoms with Crippen molar-refractivity contribution in [1.29, 1.82) is 0 Å². The molecule has 0 aliphatic carbocycles. The molecule has 2 heterocycles. The van der Waals surface area contributed by atoms with E-state index < -0.39 is 0 Å². The summed E-state index contributed by atoms with van der Waals surface area (Å²) in [6.07, 6.45) is 4.77. The largest absolute Gasteiger partial charge is 0.356 e. The fraction of sp³-hybridized carbons (Fsp3) is 0.562. The molecule has 0 spiro atoms. The van der Waals surface area contributed by atoms with E-state index in [0.29, 0.717) is 12.5 Å². The predicted molar refractivity (Wildman–Crippen MR) is 95.8 cm³/mol. The quantitative estimate of drug-likeness (QED) is 0.602. The minimum atomic E-state index is 0.599. The van der Waals surface area contributed by atoms with Crippen LogP contribution in [0.25, 0.3) is 0 Å². The van der Waals surface area contributed by atoms with Gasteiger partial charge in [0.05, 0.1) is 17.2 Å². The normalized spacial score (nSPS) is 12.0. The van der Waals surface area contributed by atoms with E-state index in [4.69, 9.17) is 0 Å². The zero-order valence-corrected chi connectivity index (χ0v) is 15.2. The summed E-state index contributed by atoms with van der Waals surface area (Å²) >= 11 is 1.69. The van der Waals surface area contributed by atoms with Gasteiger partial charge in [-0.3, -0.25) is 4.99 Å². The van der Waals surface area contributed by atoms with E-state index in [0.717, 1.165) is 42.0 Å². The summed E-state index contributed by atoms with van der Waals surface area (Å²) in [7, 11) is 1.78. The first-order chi connectivity index (χ1) is 11.1. The van der Waals surface area contributed by atoms with Gasteiger partial charge in [-0.25, -0.2) is 9.97 Å². The second kappa shape index (κ2) is 8.67. The minimum absolute atomic E-state index is 0.599. The lowest BCUT2D eigenvalue weighted by atomic mass is 10.2. The van der Waals surface area contributed by atoms with E-state index in [1.807, 2.05) is 19.3 Å². The van der Waals surface area contributed by atoms with Crippen molar-refractivity contribution in [3.63, 3.8) is 0 Å². The number of rotatable bonds is 7. The third-order valence-electron chi connectivity index (χ3n) is 3.34. The van der Waals surface area contributed by atoms with E-state index in [-0.39, 0.29) is 0 Å². The second-order valence-electron chi connectivity index (χ2n) is 5.85. The highest BCUT2D eigenvalue weighted by Gasteiger charge is 2.06. The summed E-state index contributed by atoms with van der Waals surface area (Å²) in [5.74, 6) is 2.41. The highest BCUT2D eigenvalue weighted by molar-refractivity contribution is 7.09. The number of imidazole rings is 1. The van der Waals surface area contributed by atoms with Gasteiger partial charge in [-0.15, -0.1) is 11.3 Å². The molecule has 0 aromatic carbocycles. The van der Waals surface area contributed by atoms with Gasteiger partial charge in [-0.2, -0.15) is 0 Å². The molecule has 2 rings (SSSR count). The maximum atomic E-state index is 4.46. The third kappa shape index (κ3) is 5.67. The monoisotopic (exact) mass is 334 g/mol. The Hall–Kier alpha value is -1.89. The van der Waals surface area contributed by atoms with Crippen LogP contribution in [-0.2, 0) is 19.5 Å². The number of nitrogens with zero attached hydrogens (tertiary/aromatic N) is 4. The standard InChI is InChI=1S/C16H26N6S/c1-12(2)10-22-8-7-18-15(22)9-20-16(17-4)19-6-5-14-11-23-13(3)21-14/h7-8,11-12H,5-6,9-10H2,1-4H3,(H2,17,19,20). The van der Waals surface area contributed by atoms with Crippen molar-refractivity contribution in [1.82, 2.24) is 25.2 Å². The lowest BCUT2D eigenvalue weighted by molar-refractivity contribution is 0.503. The molecule has 0 amide bonds. The van der Waals surface area contributed by atoms with Crippen LogP contribution in [0.4, 0.5) is 0 Å². The van der Waals surface area contributed by atoms with Crippen LogP contribution in [0, 0.1) is 12.8 Å². The summed E-state index contributed by atoms with van der Waals surface area (Å²) in [5, 5.41) is 9.85. The first-order valence-corrected chi connectivity index (χ1v) is 8.82. The van der Waals surface area contributed by atoms with Crippen molar-refractivity contribution < 1.29 is 0 Å². The lowest BCUT2D eigenvalue weighted by Crippen LogP contribution is -2.38. The molecule has 7 heteroatoms. The number of aliphatic imine (C=N–C) groups is 1. The van der Waals surface area contributed by atoms with E-state index in [9.17, 15) is 0 Å². The number of thiazole rings is 1. The molecule has 2 aromatic rings. The fourth-order valence-corrected chi connectivity index (χ4v) is 2.93. The van der Waals surface area contributed by atoms with Gasteiger partial charge >= 0.3 is 0 Å². The van der Waals surface area contributed by atoms with Gasteiger partial charge in [-0.05, 0) is 12.8 Å².